The van der Waals surface area contributed by atoms with Crippen LogP contribution in [0.3, 0.4) is 0 Å². The van der Waals surface area contributed by atoms with Crippen LogP contribution in [-0.2, 0) is 20.9 Å². The lowest BCUT2D eigenvalue weighted by Gasteiger charge is -2.10. The first-order chi connectivity index (χ1) is 16.3. The second-order valence-corrected chi connectivity index (χ2v) is 8.27. The van der Waals surface area contributed by atoms with Gasteiger partial charge in [0.05, 0.1) is 13.2 Å². The first-order valence-electron chi connectivity index (χ1n) is 11.6. The molecule has 0 amide bonds. The standard InChI is InChI=1S/C28H33NO5/c1-7-31-26(28(30)32-8-2)16-23-13-14-24(15-19(23)5)33-17-25-20(6)34-27(29-25)22-11-9-21(10-12-22)18(3)4/h9-16,18H,7-8,17H2,1-6H3. The summed E-state index contributed by atoms with van der Waals surface area (Å²) in [5, 5.41) is 0. The third-order valence-corrected chi connectivity index (χ3v) is 5.40. The Bertz CT molecular complexity index is 1140. The predicted octanol–water partition coefficient (Wildman–Crippen LogP) is 6.60. The number of carbonyl (C=O) groups excluding carboxylic acids is 1. The van der Waals surface area contributed by atoms with Crippen molar-refractivity contribution in [3.05, 3.63) is 76.4 Å². The summed E-state index contributed by atoms with van der Waals surface area (Å²) >= 11 is 0. The third-order valence-electron chi connectivity index (χ3n) is 5.40. The normalized spacial score (nSPS) is 11.6. The zero-order valence-corrected chi connectivity index (χ0v) is 20.8. The van der Waals surface area contributed by atoms with Crippen molar-refractivity contribution in [3.63, 3.8) is 0 Å². The van der Waals surface area contributed by atoms with Gasteiger partial charge in [-0.1, -0.05) is 32.0 Å². The molecule has 0 aliphatic rings. The molecule has 2 aromatic carbocycles. The molecular formula is C28H33NO5. The molecule has 0 N–H and O–H groups in total. The van der Waals surface area contributed by atoms with Crippen LogP contribution < -0.4 is 4.74 Å². The molecule has 0 aliphatic heterocycles. The summed E-state index contributed by atoms with van der Waals surface area (Å²) in [6.07, 6.45) is 1.69. The van der Waals surface area contributed by atoms with Gasteiger partial charge in [0.1, 0.15) is 23.8 Å². The average molecular weight is 464 g/mol. The first-order valence-corrected chi connectivity index (χ1v) is 11.6. The summed E-state index contributed by atoms with van der Waals surface area (Å²) < 4.78 is 22.4. The monoisotopic (exact) mass is 463 g/mol. The SMILES string of the molecule is CCOC(=O)C(=Cc1ccc(OCc2nc(-c3ccc(C(C)C)cc3)oc2C)cc1C)OCC. The molecule has 1 aromatic heterocycles. The number of oxazole rings is 1. The minimum atomic E-state index is -0.472. The molecule has 0 saturated carbocycles. The Morgan fingerprint density at radius 3 is 2.35 bits per heavy atom. The molecule has 6 heteroatoms. The van der Waals surface area contributed by atoms with E-state index in [0.29, 0.717) is 37.4 Å². The number of aromatic nitrogens is 1. The summed E-state index contributed by atoms with van der Waals surface area (Å²) in [6, 6.07) is 13.9. The van der Waals surface area contributed by atoms with Gasteiger partial charge in [-0.15, -0.1) is 0 Å². The maximum atomic E-state index is 12.1. The zero-order chi connectivity index (χ0) is 24.7. The number of aryl methyl sites for hydroxylation is 2. The van der Waals surface area contributed by atoms with E-state index >= 15 is 0 Å². The molecule has 3 aromatic rings. The lowest BCUT2D eigenvalue weighted by atomic mass is 10.0. The zero-order valence-electron chi connectivity index (χ0n) is 20.8. The van der Waals surface area contributed by atoms with Crippen molar-refractivity contribution in [2.24, 2.45) is 0 Å². The van der Waals surface area contributed by atoms with Gasteiger partial charge in [-0.05, 0) is 80.6 Å². The molecule has 0 spiro atoms. The van der Waals surface area contributed by atoms with E-state index < -0.39 is 5.97 Å². The number of carbonyl (C=O) groups is 1. The summed E-state index contributed by atoms with van der Waals surface area (Å²) in [5.74, 6) is 2.22. The smallest absolute Gasteiger partial charge is 0.373 e. The van der Waals surface area contributed by atoms with Crippen LogP contribution in [0.5, 0.6) is 5.75 Å². The quantitative estimate of drug-likeness (QED) is 0.192. The van der Waals surface area contributed by atoms with Crippen LogP contribution in [0.25, 0.3) is 17.5 Å². The van der Waals surface area contributed by atoms with Crippen molar-refractivity contribution in [1.82, 2.24) is 4.98 Å². The number of hydrogen-bond acceptors (Lipinski definition) is 6. The largest absolute Gasteiger partial charge is 0.487 e. The van der Waals surface area contributed by atoms with Crippen LogP contribution in [0, 0.1) is 13.8 Å². The van der Waals surface area contributed by atoms with Crippen molar-refractivity contribution >= 4 is 12.0 Å². The van der Waals surface area contributed by atoms with Gasteiger partial charge >= 0.3 is 5.97 Å². The number of nitrogens with zero attached hydrogens (tertiary/aromatic N) is 1. The van der Waals surface area contributed by atoms with Gasteiger partial charge in [0.15, 0.2) is 0 Å². The Morgan fingerprint density at radius 1 is 1.03 bits per heavy atom. The fraction of sp³-hybridized carbons (Fsp3) is 0.357. The van der Waals surface area contributed by atoms with Crippen LogP contribution in [-0.4, -0.2) is 24.2 Å². The highest BCUT2D eigenvalue weighted by Gasteiger charge is 2.14. The van der Waals surface area contributed by atoms with Crippen molar-refractivity contribution in [3.8, 4) is 17.2 Å². The molecule has 0 radical (unpaired) electrons. The molecule has 0 aliphatic carbocycles. The number of ether oxygens (including phenoxy) is 3. The molecule has 6 nitrogen and oxygen atoms in total. The Labute approximate surface area is 201 Å². The minimum absolute atomic E-state index is 0.188. The molecule has 1 heterocycles. The van der Waals surface area contributed by atoms with Crippen molar-refractivity contribution in [2.45, 2.75) is 54.1 Å². The maximum absolute atomic E-state index is 12.1. The van der Waals surface area contributed by atoms with Crippen molar-refractivity contribution in [1.29, 1.82) is 0 Å². The van der Waals surface area contributed by atoms with Gasteiger partial charge in [-0.3, -0.25) is 0 Å². The second kappa shape index (κ2) is 11.5. The third kappa shape index (κ3) is 6.28. The molecule has 0 fully saturated rings. The fourth-order valence-corrected chi connectivity index (χ4v) is 3.41. The first kappa shape index (κ1) is 25.1. The van der Waals surface area contributed by atoms with E-state index in [1.807, 2.05) is 51.1 Å². The summed E-state index contributed by atoms with van der Waals surface area (Å²) in [7, 11) is 0. The Morgan fingerprint density at radius 2 is 1.74 bits per heavy atom. The van der Waals surface area contributed by atoms with Crippen molar-refractivity contribution in [2.75, 3.05) is 13.2 Å². The molecular weight excluding hydrogens is 430 g/mol. The van der Waals surface area contributed by atoms with Gasteiger partial charge in [0.2, 0.25) is 11.6 Å². The molecule has 0 saturated heterocycles. The van der Waals surface area contributed by atoms with Gasteiger partial charge < -0.3 is 18.6 Å². The van der Waals surface area contributed by atoms with E-state index in [1.165, 1.54) is 5.56 Å². The average Bonchev–Trinajstić information content (AvgIpc) is 3.19. The van der Waals surface area contributed by atoms with Crippen LogP contribution in [0.1, 0.15) is 61.8 Å². The number of rotatable bonds is 10. The fourth-order valence-electron chi connectivity index (χ4n) is 3.41. The van der Waals surface area contributed by atoms with E-state index in [9.17, 15) is 4.79 Å². The van der Waals surface area contributed by atoms with Crippen LogP contribution in [0.4, 0.5) is 0 Å². The Hall–Kier alpha value is -3.54. The molecule has 34 heavy (non-hydrogen) atoms. The number of hydrogen-bond donors (Lipinski definition) is 0. The van der Waals surface area contributed by atoms with Crippen LogP contribution in [0.2, 0.25) is 0 Å². The molecule has 0 unspecified atom stereocenters. The summed E-state index contributed by atoms with van der Waals surface area (Å²) in [5.41, 5.74) is 4.78. The Balaban J connectivity index is 1.71. The maximum Gasteiger partial charge on any atom is 0.373 e. The lowest BCUT2D eigenvalue weighted by molar-refractivity contribution is -0.142. The van der Waals surface area contributed by atoms with Crippen LogP contribution in [0.15, 0.2) is 52.6 Å². The Kier molecular flexibility index (Phi) is 8.52. The number of esters is 1. The van der Waals surface area contributed by atoms with Crippen molar-refractivity contribution < 1.29 is 23.4 Å². The van der Waals surface area contributed by atoms with Gasteiger partial charge in [0.25, 0.3) is 0 Å². The highest BCUT2D eigenvalue weighted by molar-refractivity contribution is 5.91. The minimum Gasteiger partial charge on any atom is -0.487 e. The molecule has 3 rings (SSSR count). The van der Waals surface area contributed by atoms with E-state index in [-0.39, 0.29) is 5.76 Å². The molecule has 0 atom stereocenters. The second-order valence-electron chi connectivity index (χ2n) is 8.27. The van der Waals surface area contributed by atoms with Gasteiger partial charge in [-0.25, -0.2) is 9.78 Å². The summed E-state index contributed by atoms with van der Waals surface area (Å²) in [4.78, 5) is 16.7. The predicted molar refractivity (Wildman–Crippen MR) is 133 cm³/mol. The topological polar surface area (TPSA) is 70.8 Å². The number of benzene rings is 2. The van der Waals surface area contributed by atoms with E-state index in [0.717, 1.165) is 28.1 Å². The molecule has 180 valence electrons. The van der Waals surface area contributed by atoms with Gasteiger partial charge in [-0.2, -0.15) is 0 Å². The van der Waals surface area contributed by atoms with E-state index in [2.05, 4.69) is 31.0 Å². The van der Waals surface area contributed by atoms with E-state index in [4.69, 9.17) is 18.6 Å². The van der Waals surface area contributed by atoms with Gasteiger partial charge in [0, 0.05) is 5.56 Å². The lowest BCUT2D eigenvalue weighted by Crippen LogP contribution is -2.10. The summed E-state index contributed by atoms with van der Waals surface area (Å²) in [6.45, 7) is 12.7. The molecule has 0 bridgehead atoms. The highest BCUT2D eigenvalue weighted by atomic mass is 16.6. The van der Waals surface area contributed by atoms with Crippen LogP contribution >= 0.6 is 0 Å². The highest BCUT2D eigenvalue weighted by Crippen LogP contribution is 2.26. The van der Waals surface area contributed by atoms with E-state index in [1.54, 1.807) is 13.0 Å².